The van der Waals surface area contributed by atoms with E-state index in [-0.39, 0.29) is 11.2 Å². The molecule has 2 aromatic rings. The Hall–Kier alpha value is -2.10. The third-order valence-electron chi connectivity index (χ3n) is 3.00. The standard InChI is InChI=1S/C14H16N2O2/c1-10-4-6-12(7-5-10)9-16-8-11(2)13(17)15(3)14(16)18/h4-8H,9H2,1-3H3. The summed E-state index contributed by atoms with van der Waals surface area (Å²) in [7, 11) is 1.50. The number of nitrogens with zero attached hydrogens (tertiary/aromatic N) is 2. The van der Waals surface area contributed by atoms with E-state index in [0.29, 0.717) is 12.1 Å². The van der Waals surface area contributed by atoms with Crippen LogP contribution in [0.2, 0.25) is 0 Å². The van der Waals surface area contributed by atoms with Gasteiger partial charge < -0.3 is 0 Å². The normalized spacial score (nSPS) is 10.6. The molecule has 0 amide bonds. The molecule has 0 saturated heterocycles. The molecule has 0 unspecified atom stereocenters. The van der Waals surface area contributed by atoms with Gasteiger partial charge in [0, 0.05) is 18.8 Å². The number of hydrogen-bond donors (Lipinski definition) is 0. The maximum absolute atomic E-state index is 11.9. The van der Waals surface area contributed by atoms with Crippen LogP contribution in [0.3, 0.4) is 0 Å². The molecule has 0 spiro atoms. The van der Waals surface area contributed by atoms with E-state index in [2.05, 4.69) is 0 Å². The summed E-state index contributed by atoms with van der Waals surface area (Å²) in [6.45, 7) is 4.22. The summed E-state index contributed by atoms with van der Waals surface area (Å²) >= 11 is 0. The van der Waals surface area contributed by atoms with Crippen molar-refractivity contribution in [2.24, 2.45) is 7.05 Å². The van der Waals surface area contributed by atoms with Crippen LogP contribution in [-0.4, -0.2) is 9.13 Å². The lowest BCUT2D eigenvalue weighted by Gasteiger charge is -2.09. The van der Waals surface area contributed by atoms with Crippen LogP contribution >= 0.6 is 0 Å². The third-order valence-corrected chi connectivity index (χ3v) is 3.00. The van der Waals surface area contributed by atoms with E-state index in [4.69, 9.17) is 0 Å². The number of aryl methyl sites for hydroxylation is 2. The lowest BCUT2D eigenvalue weighted by Crippen LogP contribution is -2.38. The topological polar surface area (TPSA) is 44.0 Å². The summed E-state index contributed by atoms with van der Waals surface area (Å²) < 4.78 is 2.70. The van der Waals surface area contributed by atoms with Crippen molar-refractivity contribution >= 4 is 0 Å². The minimum absolute atomic E-state index is 0.236. The Kier molecular flexibility index (Phi) is 3.19. The van der Waals surface area contributed by atoms with E-state index >= 15 is 0 Å². The molecular weight excluding hydrogens is 228 g/mol. The van der Waals surface area contributed by atoms with Gasteiger partial charge in [-0.1, -0.05) is 29.8 Å². The molecule has 0 N–H and O–H groups in total. The highest BCUT2D eigenvalue weighted by molar-refractivity contribution is 5.21. The first-order valence-electron chi connectivity index (χ1n) is 5.81. The Bertz CT molecular complexity index is 678. The van der Waals surface area contributed by atoms with Crippen LogP contribution in [-0.2, 0) is 13.6 Å². The zero-order chi connectivity index (χ0) is 13.3. The van der Waals surface area contributed by atoms with Crippen molar-refractivity contribution in [1.29, 1.82) is 0 Å². The molecule has 0 aliphatic carbocycles. The molecular formula is C14H16N2O2. The summed E-state index contributed by atoms with van der Waals surface area (Å²) in [6, 6.07) is 7.99. The van der Waals surface area contributed by atoms with Crippen molar-refractivity contribution in [2.45, 2.75) is 20.4 Å². The molecule has 0 fully saturated rings. The fourth-order valence-corrected chi connectivity index (χ4v) is 1.89. The van der Waals surface area contributed by atoms with E-state index < -0.39 is 0 Å². The van der Waals surface area contributed by atoms with E-state index in [1.165, 1.54) is 12.6 Å². The van der Waals surface area contributed by atoms with Gasteiger partial charge in [0.05, 0.1) is 6.54 Å². The molecule has 0 radical (unpaired) electrons. The zero-order valence-electron chi connectivity index (χ0n) is 10.8. The highest BCUT2D eigenvalue weighted by Crippen LogP contribution is 2.04. The van der Waals surface area contributed by atoms with Gasteiger partial charge in [-0.25, -0.2) is 4.79 Å². The number of rotatable bonds is 2. The van der Waals surface area contributed by atoms with Gasteiger partial charge in [-0.2, -0.15) is 0 Å². The second-order valence-electron chi connectivity index (χ2n) is 4.57. The van der Waals surface area contributed by atoms with Crippen molar-refractivity contribution < 1.29 is 0 Å². The zero-order valence-corrected chi connectivity index (χ0v) is 10.8. The van der Waals surface area contributed by atoms with Crippen LogP contribution in [0.4, 0.5) is 0 Å². The van der Waals surface area contributed by atoms with Crippen LogP contribution in [0.25, 0.3) is 0 Å². The molecule has 0 aliphatic rings. The molecule has 0 saturated carbocycles. The number of benzene rings is 1. The van der Waals surface area contributed by atoms with Gasteiger partial charge in [0.2, 0.25) is 0 Å². The van der Waals surface area contributed by atoms with Crippen molar-refractivity contribution in [2.75, 3.05) is 0 Å². The summed E-state index contributed by atoms with van der Waals surface area (Å²) in [5.74, 6) is 0. The Balaban J connectivity index is 2.44. The second-order valence-corrected chi connectivity index (χ2v) is 4.57. The second kappa shape index (κ2) is 4.64. The molecule has 0 atom stereocenters. The van der Waals surface area contributed by atoms with Crippen molar-refractivity contribution in [1.82, 2.24) is 9.13 Å². The lowest BCUT2D eigenvalue weighted by molar-refractivity contribution is 0.638. The highest BCUT2D eigenvalue weighted by Gasteiger charge is 2.05. The first-order valence-corrected chi connectivity index (χ1v) is 5.81. The molecule has 0 bridgehead atoms. The Morgan fingerprint density at radius 3 is 2.28 bits per heavy atom. The van der Waals surface area contributed by atoms with Crippen LogP contribution < -0.4 is 11.2 Å². The van der Waals surface area contributed by atoms with E-state index in [0.717, 1.165) is 10.1 Å². The molecule has 4 nitrogen and oxygen atoms in total. The average molecular weight is 244 g/mol. The fraction of sp³-hybridized carbons (Fsp3) is 0.286. The van der Waals surface area contributed by atoms with E-state index in [1.807, 2.05) is 31.2 Å². The summed E-state index contributed by atoms with van der Waals surface area (Å²) in [5, 5.41) is 0. The van der Waals surface area contributed by atoms with Gasteiger partial charge in [0.1, 0.15) is 0 Å². The predicted molar refractivity (Wildman–Crippen MR) is 71.0 cm³/mol. The van der Waals surface area contributed by atoms with Crippen molar-refractivity contribution in [3.8, 4) is 0 Å². The molecule has 0 aliphatic heterocycles. The van der Waals surface area contributed by atoms with Crippen molar-refractivity contribution in [3.63, 3.8) is 0 Å². The van der Waals surface area contributed by atoms with Gasteiger partial charge in [-0.15, -0.1) is 0 Å². The Morgan fingerprint density at radius 2 is 1.67 bits per heavy atom. The maximum atomic E-state index is 11.9. The molecule has 1 aromatic heterocycles. The highest BCUT2D eigenvalue weighted by atomic mass is 16.2. The van der Waals surface area contributed by atoms with Crippen LogP contribution in [0.1, 0.15) is 16.7 Å². The monoisotopic (exact) mass is 244 g/mol. The first kappa shape index (κ1) is 12.4. The first-order chi connectivity index (χ1) is 8.49. The number of hydrogen-bond acceptors (Lipinski definition) is 2. The maximum Gasteiger partial charge on any atom is 0.331 e. The van der Waals surface area contributed by atoms with Gasteiger partial charge in [0.25, 0.3) is 5.56 Å². The quantitative estimate of drug-likeness (QED) is 0.797. The largest absolute Gasteiger partial charge is 0.331 e. The molecule has 1 heterocycles. The molecule has 94 valence electrons. The lowest BCUT2D eigenvalue weighted by atomic mass is 10.1. The average Bonchev–Trinajstić information content (AvgIpc) is 2.36. The summed E-state index contributed by atoms with van der Waals surface area (Å²) in [5.41, 5.74) is 2.28. The van der Waals surface area contributed by atoms with Crippen LogP contribution in [0, 0.1) is 13.8 Å². The SMILES string of the molecule is Cc1ccc(Cn2cc(C)c(=O)n(C)c2=O)cc1. The Morgan fingerprint density at radius 1 is 1.06 bits per heavy atom. The van der Waals surface area contributed by atoms with Gasteiger partial charge in [0.15, 0.2) is 0 Å². The summed E-state index contributed by atoms with van der Waals surface area (Å²) in [4.78, 5) is 23.5. The molecule has 18 heavy (non-hydrogen) atoms. The van der Waals surface area contributed by atoms with E-state index in [9.17, 15) is 9.59 Å². The minimum atomic E-state index is -0.286. The Labute approximate surface area is 105 Å². The van der Waals surface area contributed by atoms with Crippen LogP contribution in [0.5, 0.6) is 0 Å². The number of aromatic nitrogens is 2. The molecule has 4 heteroatoms. The van der Waals surface area contributed by atoms with Crippen LogP contribution in [0.15, 0.2) is 40.1 Å². The molecule has 1 aromatic carbocycles. The fourth-order valence-electron chi connectivity index (χ4n) is 1.89. The van der Waals surface area contributed by atoms with Gasteiger partial charge in [-0.05, 0) is 19.4 Å². The summed E-state index contributed by atoms with van der Waals surface area (Å²) in [6.07, 6.45) is 1.62. The molecule has 2 rings (SSSR count). The minimum Gasteiger partial charge on any atom is -0.296 e. The third kappa shape index (κ3) is 2.27. The smallest absolute Gasteiger partial charge is 0.296 e. The predicted octanol–water partition coefficient (Wildman–Crippen LogP) is 1.21. The van der Waals surface area contributed by atoms with Gasteiger partial charge >= 0.3 is 5.69 Å². The van der Waals surface area contributed by atoms with E-state index in [1.54, 1.807) is 17.7 Å². The van der Waals surface area contributed by atoms with Crippen molar-refractivity contribution in [3.05, 3.63) is 68.0 Å². The van der Waals surface area contributed by atoms with Gasteiger partial charge in [-0.3, -0.25) is 13.9 Å².